The van der Waals surface area contributed by atoms with Crippen LogP contribution in [0.3, 0.4) is 0 Å². The summed E-state index contributed by atoms with van der Waals surface area (Å²) in [6, 6.07) is 2.18. The smallest absolute Gasteiger partial charge is 0.124 e. The molecule has 0 unspecified atom stereocenters. The third-order valence-electron chi connectivity index (χ3n) is 3.79. The van der Waals surface area contributed by atoms with Crippen molar-refractivity contribution >= 4 is 18.2 Å². The summed E-state index contributed by atoms with van der Waals surface area (Å²) in [6.45, 7) is 5.92. The van der Waals surface area contributed by atoms with Gasteiger partial charge in [-0.05, 0) is 32.3 Å². The van der Waals surface area contributed by atoms with Gasteiger partial charge in [0.15, 0.2) is 0 Å². The van der Waals surface area contributed by atoms with Crippen molar-refractivity contribution in [3.05, 3.63) is 29.2 Å². The van der Waals surface area contributed by atoms with Gasteiger partial charge in [-0.3, -0.25) is 9.36 Å². The Morgan fingerprint density at radius 1 is 1.40 bits per heavy atom. The van der Waals surface area contributed by atoms with E-state index in [0.29, 0.717) is 5.92 Å². The Labute approximate surface area is 125 Å². The Morgan fingerprint density at radius 2 is 2.15 bits per heavy atom. The Morgan fingerprint density at radius 3 is 2.80 bits per heavy atom. The van der Waals surface area contributed by atoms with Crippen molar-refractivity contribution in [1.82, 2.24) is 19.6 Å². The minimum absolute atomic E-state index is 0. The van der Waals surface area contributed by atoms with Crippen molar-refractivity contribution in [3.8, 4) is 0 Å². The second-order valence-corrected chi connectivity index (χ2v) is 5.30. The van der Waals surface area contributed by atoms with Crippen molar-refractivity contribution in [2.24, 2.45) is 7.05 Å². The zero-order valence-corrected chi connectivity index (χ0v) is 13.1. The van der Waals surface area contributed by atoms with E-state index in [9.17, 15) is 0 Å². The third-order valence-corrected chi connectivity index (χ3v) is 3.79. The van der Waals surface area contributed by atoms with Gasteiger partial charge in [0.1, 0.15) is 5.82 Å². The molecule has 0 radical (unpaired) electrons. The summed E-state index contributed by atoms with van der Waals surface area (Å²) in [5, 5.41) is 12.4. The first-order valence-corrected chi connectivity index (χ1v) is 6.98. The lowest BCUT2D eigenvalue weighted by atomic mass is 10.2. The van der Waals surface area contributed by atoms with Gasteiger partial charge in [0.2, 0.25) is 0 Å². The van der Waals surface area contributed by atoms with Crippen molar-refractivity contribution in [1.29, 1.82) is 0 Å². The quantitative estimate of drug-likeness (QED) is 0.923. The molecule has 1 N–H and O–H groups in total. The highest BCUT2D eigenvalue weighted by molar-refractivity contribution is 5.85. The zero-order chi connectivity index (χ0) is 13.4. The van der Waals surface area contributed by atoms with Gasteiger partial charge in [-0.1, -0.05) is 0 Å². The predicted molar refractivity (Wildman–Crippen MR) is 82.4 cm³/mol. The van der Waals surface area contributed by atoms with E-state index < -0.39 is 0 Å². The van der Waals surface area contributed by atoms with Crippen LogP contribution in [-0.2, 0) is 20.1 Å². The molecular formula is C14H22ClN5. The van der Waals surface area contributed by atoms with E-state index in [1.165, 1.54) is 29.8 Å². The van der Waals surface area contributed by atoms with Crippen molar-refractivity contribution in [2.75, 3.05) is 5.32 Å². The minimum atomic E-state index is 0. The Bertz CT molecular complexity index is 582. The van der Waals surface area contributed by atoms with Crippen LogP contribution in [0.2, 0.25) is 0 Å². The lowest BCUT2D eigenvalue weighted by molar-refractivity contribution is 0.625. The number of hydrogen-bond acceptors (Lipinski definition) is 3. The fraction of sp³-hybridized carbons (Fsp3) is 0.571. The maximum absolute atomic E-state index is 4.57. The first-order chi connectivity index (χ1) is 9.19. The van der Waals surface area contributed by atoms with Crippen LogP contribution in [0.1, 0.15) is 42.6 Å². The maximum atomic E-state index is 4.57. The number of hydrogen-bond donors (Lipinski definition) is 1. The second-order valence-electron chi connectivity index (χ2n) is 5.30. The number of nitrogens with one attached hydrogen (secondary N) is 1. The molecule has 5 nitrogen and oxygen atoms in total. The predicted octanol–water partition coefficient (Wildman–Crippen LogP) is 2.86. The topological polar surface area (TPSA) is 47.7 Å². The SMILES string of the molecule is CCn1ncc(C)c1CNc1cc(C2CC2)nn1C.Cl. The number of halogens is 1. The highest BCUT2D eigenvalue weighted by Crippen LogP contribution is 2.39. The summed E-state index contributed by atoms with van der Waals surface area (Å²) in [4.78, 5) is 0. The van der Waals surface area contributed by atoms with E-state index >= 15 is 0 Å². The van der Waals surface area contributed by atoms with Gasteiger partial charge in [-0.15, -0.1) is 12.4 Å². The lowest BCUT2D eigenvalue weighted by Crippen LogP contribution is -2.10. The fourth-order valence-corrected chi connectivity index (χ4v) is 2.42. The molecule has 2 heterocycles. The first-order valence-electron chi connectivity index (χ1n) is 6.98. The monoisotopic (exact) mass is 295 g/mol. The molecule has 0 amide bonds. The molecule has 3 rings (SSSR count). The van der Waals surface area contributed by atoms with Crippen LogP contribution in [0.25, 0.3) is 0 Å². The van der Waals surface area contributed by atoms with Gasteiger partial charge in [0, 0.05) is 25.6 Å². The molecule has 1 aliphatic carbocycles. The van der Waals surface area contributed by atoms with E-state index in [2.05, 4.69) is 35.4 Å². The molecule has 2 aromatic rings. The molecule has 110 valence electrons. The Balaban J connectivity index is 0.00000147. The molecule has 1 fully saturated rings. The van der Waals surface area contributed by atoms with Crippen LogP contribution in [0.5, 0.6) is 0 Å². The van der Waals surface area contributed by atoms with Crippen molar-refractivity contribution in [3.63, 3.8) is 0 Å². The van der Waals surface area contributed by atoms with E-state index in [1.807, 2.05) is 22.6 Å². The molecule has 0 spiro atoms. The first kappa shape index (κ1) is 14.9. The number of anilines is 1. The third kappa shape index (κ3) is 2.82. The summed E-state index contributed by atoms with van der Waals surface area (Å²) in [7, 11) is 2.00. The van der Waals surface area contributed by atoms with Gasteiger partial charge in [0.25, 0.3) is 0 Å². The number of aryl methyl sites for hydroxylation is 3. The lowest BCUT2D eigenvalue weighted by Gasteiger charge is -2.09. The second kappa shape index (κ2) is 5.87. The molecule has 0 aromatic carbocycles. The van der Waals surface area contributed by atoms with E-state index in [1.54, 1.807) is 0 Å². The molecule has 0 bridgehead atoms. The average molecular weight is 296 g/mol. The molecule has 0 saturated heterocycles. The Kier molecular flexibility index (Phi) is 4.38. The highest BCUT2D eigenvalue weighted by Gasteiger charge is 2.26. The summed E-state index contributed by atoms with van der Waals surface area (Å²) >= 11 is 0. The van der Waals surface area contributed by atoms with Crippen LogP contribution < -0.4 is 5.32 Å². The largest absolute Gasteiger partial charge is 0.365 e. The molecule has 1 aliphatic rings. The van der Waals surface area contributed by atoms with Gasteiger partial charge in [-0.25, -0.2) is 0 Å². The number of nitrogens with zero attached hydrogens (tertiary/aromatic N) is 4. The minimum Gasteiger partial charge on any atom is -0.365 e. The van der Waals surface area contributed by atoms with Gasteiger partial charge in [0.05, 0.1) is 24.1 Å². The van der Waals surface area contributed by atoms with Crippen LogP contribution in [0.15, 0.2) is 12.3 Å². The highest BCUT2D eigenvalue weighted by atomic mass is 35.5. The molecule has 2 aromatic heterocycles. The van der Waals surface area contributed by atoms with Gasteiger partial charge < -0.3 is 5.32 Å². The van der Waals surface area contributed by atoms with Crippen LogP contribution in [0.4, 0.5) is 5.82 Å². The average Bonchev–Trinajstić information content (AvgIpc) is 3.10. The van der Waals surface area contributed by atoms with Crippen LogP contribution in [-0.4, -0.2) is 19.6 Å². The molecule has 0 atom stereocenters. The van der Waals surface area contributed by atoms with Crippen LogP contribution >= 0.6 is 12.4 Å². The van der Waals surface area contributed by atoms with Crippen LogP contribution in [0, 0.1) is 6.92 Å². The molecule has 20 heavy (non-hydrogen) atoms. The summed E-state index contributed by atoms with van der Waals surface area (Å²) < 4.78 is 3.98. The number of rotatable bonds is 5. The maximum Gasteiger partial charge on any atom is 0.124 e. The summed E-state index contributed by atoms with van der Waals surface area (Å²) in [5.74, 6) is 1.79. The van der Waals surface area contributed by atoms with Gasteiger partial charge >= 0.3 is 0 Å². The normalized spacial score (nSPS) is 14.2. The fourth-order valence-electron chi connectivity index (χ4n) is 2.42. The van der Waals surface area contributed by atoms with Crippen molar-refractivity contribution in [2.45, 2.75) is 45.7 Å². The standard InChI is InChI=1S/C14H21N5.ClH/c1-4-19-13(10(2)8-16-19)9-15-14-7-12(11-5-6-11)17-18(14)3;/h7-8,11,15H,4-6,9H2,1-3H3;1H. The van der Waals surface area contributed by atoms with E-state index in [4.69, 9.17) is 0 Å². The zero-order valence-electron chi connectivity index (χ0n) is 12.3. The summed E-state index contributed by atoms with van der Waals surface area (Å²) in [5.41, 5.74) is 3.71. The molecule has 1 saturated carbocycles. The molecule has 6 heteroatoms. The molecule has 0 aliphatic heterocycles. The van der Waals surface area contributed by atoms with E-state index in [0.717, 1.165) is 18.9 Å². The molecular weight excluding hydrogens is 274 g/mol. The number of aromatic nitrogens is 4. The Hall–Kier alpha value is -1.49. The van der Waals surface area contributed by atoms with Crippen molar-refractivity contribution < 1.29 is 0 Å². The summed E-state index contributed by atoms with van der Waals surface area (Å²) in [6.07, 6.45) is 4.51. The van der Waals surface area contributed by atoms with Gasteiger partial charge in [-0.2, -0.15) is 10.2 Å². The van der Waals surface area contributed by atoms with E-state index in [-0.39, 0.29) is 12.4 Å².